The summed E-state index contributed by atoms with van der Waals surface area (Å²) < 4.78 is 26.9. The summed E-state index contributed by atoms with van der Waals surface area (Å²) in [5.74, 6) is -0.334. The second-order valence-corrected chi connectivity index (χ2v) is 14.1. The van der Waals surface area contributed by atoms with Crippen LogP contribution in [0.1, 0.15) is 67.2 Å². The van der Waals surface area contributed by atoms with E-state index in [0.29, 0.717) is 22.7 Å². The van der Waals surface area contributed by atoms with Crippen LogP contribution in [0.5, 0.6) is 0 Å². The second kappa shape index (κ2) is 15.6. The first kappa shape index (κ1) is 33.5. The van der Waals surface area contributed by atoms with Crippen LogP contribution in [0.4, 0.5) is 5.69 Å². The first-order valence-corrected chi connectivity index (χ1v) is 17.7. The van der Waals surface area contributed by atoms with Crippen molar-refractivity contribution in [1.29, 1.82) is 0 Å². The van der Waals surface area contributed by atoms with Crippen molar-refractivity contribution in [1.82, 2.24) is 10.2 Å². The zero-order valence-corrected chi connectivity index (χ0v) is 27.5. The van der Waals surface area contributed by atoms with E-state index in [1.54, 1.807) is 30.0 Å². The first-order valence-electron chi connectivity index (χ1n) is 15.5. The van der Waals surface area contributed by atoms with Crippen molar-refractivity contribution >= 4 is 39.1 Å². The van der Waals surface area contributed by atoms with Crippen LogP contribution in [-0.2, 0) is 32.6 Å². The average molecular weight is 638 g/mol. The molecule has 236 valence electrons. The van der Waals surface area contributed by atoms with Gasteiger partial charge in [0.2, 0.25) is 21.8 Å². The highest BCUT2D eigenvalue weighted by atomic mass is 35.5. The third-order valence-corrected chi connectivity index (χ3v) is 10.1. The van der Waals surface area contributed by atoms with Gasteiger partial charge in [-0.1, -0.05) is 91.5 Å². The van der Waals surface area contributed by atoms with E-state index in [4.69, 9.17) is 11.6 Å². The molecule has 3 aromatic rings. The summed E-state index contributed by atoms with van der Waals surface area (Å²) >= 11 is 6.30. The summed E-state index contributed by atoms with van der Waals surface area (Å²) in [5, 5.41) is 3.75. The normalized spacial score (nSPS) is 14.5. The number of nitrogens with zero attached hydrogens (tertiary/aromatic N) is 2. The molecule has 3 aromatic carbocycles. The van der Waals surface area contributed by atoms with Crippen LogP contribution < -0.4 is 9.62 Å². The van der Waals surface area contributed by atoms with Crippen molar-refractivity contribution < 1.29 is 18.0 Å². The number of carbonyl (C=O) groups excluding carboxylic acids is 2. The molecule has 7 nitrogen and oxygen atoms in total. The van der Waals surface area contributed by atoms with E-state index >= 15 is 0 Å². The van der Waals surface area contributed by atoms with Gasteiger partial charge in [0.25, 0.3) is 0 Å². The van der Waals surface area contributed by atoms with E-state index in [0.717, 1.165) is 48.6 Å². The maximum absolute atomic E-state index is 14.1. The lowest BCUT2D eigenvalue weighted by molar-refractivity contribution is -0.141. The SMILES string of the molecule is Cc1ccccc1CN(C(=O)CCCN(c1cccc(Cl)c1C)S(C)(=O)=O)[C@@H](Cc1ccccc1)C(=O)NC1CCCCC1. The predicted octanol–water partition coefficient (Wildman–Crippen LogP) is 6.59. The zero-order valence-electron chi connectivity index (χ0n) is 26.0. The van der Waals surface area contributed by atoms with Gasteiger partial charge in [-0.15, -0.1) is 0 Å². The number of rotatable bonds is 13. The molecule has 0 heterocycles. The Labute approximate surface area is 267 Å². The Morgan fingerprint density at radius 1 is 0.932 bits per heavy atom. The number of nitrogens with one attached hydrogen (secondary N) is 1. The van der Waals surface area contributed by atoms with Crippen molar-refractivity contribution in [3.8, 4) is 0 Å². The quantitative estimate of drug-likeness (QED) is 0.229. The minimum absolute atomic E-state index is 0.0828. The lowest BCUT2D eigenvalue weighted by Crippen LogP contribution is -2.53. The van der Waals surface area contributed by atoms with Gasteiger partial charge in [0.05, 0.1) is 11.9 Å². The van der Waals surface area contributed by atoms with Crippen LogP contribution in [0.15, 0.2) is 72.8 Å². The smallest absolute Gasteiger partial charge is 0.243 e. The lowest BCUT2D eigenvalue weighted by atomic mass is 9.94. The standard InChI is InChI=1S/C35H44ClN3O4S/c1-26-14-10-11-17-29(26)25-38(33(24-28-15-6-4-7-16-28)35(41)37-30-18-8-5-9-19-30)34(40)22-13-23-39(44(3,42)43)32-21-12-20-31(36)27(32)2/h4,6-7,10-12,14-17,20-21,30,33H,5,8-9,13,18-19,22-25H2,1-3H3,(H,37,41)/t33-/m0/s1. The molecular formula is C35H44ClN3O4S. The third-order valence-electron chi connectivity index (χ3n) is 8.48. The molecule has 0 saturated heterocycles. The molecule has 0 bridgehead atoms. The molecule has 1 atom stereocenters. The molecule has 1 aliphatic carbocycles. The van der Waals surface area contributed by atoms with Crippen LogP contribution in [0.25, 0.3) is 0 Å². The van der Waals surface area contributed by atoms with Gasteiger partial charge in [-0.2, -0.15) is 0 Å². The van der Waals surface area contributed by atoms with Crippen LogP contribution in [0.3, 0.4) is 0 Å². The molecule has 9 heteroatoms. The Morgan fingerprint density at radius 3 is 2.30 bits per heavy atom. The van der Waals surface area contributed by atoms with Crippen molar-refractivity contribution in [3.63, 3.8) is 0 Å². The Morgan fingerprint density at radius 2 is 1.61 bits per heavy atom. The molecule has 0 aliphatic heterocycles. The third kappa shape index (κ3) is 9.08. The Bertz CT molecular complexity index is 1520. The highest BCUT2D eigenvalue weighted by Crippen LogP contribution is 2.29. The second-order valence-electron chi connectivity index (χ2n) is 11.8. The van der Waals surface area contributed by atoms with Crippen molar-refractivity contribution in [3.05, 3.63) is 100 Å². The fraction of sp³-hybridized carbons (Fsp3) is 0.429. The fourth-order valence-corrected chi connectivity index (χ4v) is 7.10. The van der Waals surface area contributed by atoms with E-state index in [1.807, 2.05) is 61.5 Å². The summed E-state index contributed by atoms with van der Waals surface area (Å²) in [4.78, 5) is 29.8. The van der Waals surface area contributed by atoms with Crippen LogP contribution in [0, 0.1) is 13.8 Å². The van der Waals surface area contributed by atoms with E-state index in [2.05, 4.69) is 5.32 Å². The molecule has 0 aromatic heterocycles. The fourth-order valence-electron chi connectivity index (χ4n) is 5.92. The van der Waals surface area contributed by atoms with Gasteiger partial charge in [-0.25, -0.2) is 8.42 Å². The Hall–Kier alpha value is -3.36. The van der Waals surface area contributed by atoms with Crippen molar-refractivity contribution in [2.75, 3.05) is 17.1 Å². The highest BCUT2D eigenvalue weighted by Gasteiger charge is 2.32. The van der Waals surface area contributed by atoms with Crippen molar-refractivity contribution in [2.45, 2.75) is 83.8 Å². The van der Waals surface area contributed by atoms with Gasteiger partial charge < -0.3 is 10.2 Å². The number of aryl methyl sites for hydroxylation is 1. The zero-order chi connectivity index (χ0) is 31.7. The van der Waals surface area contributed by atoms with Gasteiger partial charge in [-0.05, 0) is 67.5 Å². The summed E-state index contributed by atoms with van der Waals surface area (Å²) in [6.45, 7) is 4.18. The topological polar surface area (TPSA) is 86.8 Å². The molecule has 4 rings (SSSR count). The number of hydrogen-bond acceptors (Lipinski definition) is 4. The largest absolute Gasteiger partial charge is 0.352 e. The summed E-state index contributed by atoms with van der Waals surface area (Å²) in [6, 6.07) is 22.2. The predicted molar refractivity (Wildman–Crippen MR) is 178 cm³/mol. The summed E-state index contributed by atoms with van der Waals surface area (Å²) in [7, 11) is -3.63. The van der Waals surface area contributed by atoms with Gasteiger partial charge >= 0.3 is 0 Å². The minimum atomic E-state index is -3.63. The van der Waals surface area contributed by atoms with Gasteiger partial charge in [0.1, 0.15) is 6.04 Å². The number of anilines is 1. The van der Waals surface area contributed by atoms with Crippen LogP contribution >= 0.6 is 11.6 Å². The number of sulfonamides is 1. The average Bonchev–Trinajstić information content (AvgIpc) is 3.00. The van der Waals surface area contributed by atoms with Crippen LogP contribution in [0.2, 0.25) is 5.02 Å². The number of halogens is 1. The van der Waals surface area contributed by atoms with E-state index in [9.17, 15) is 18.0 Å². The number of carbonyl (C=O) groups is 2. The monoisotopic (exact) mass is 637 g/mol. The highest BCUT2D eigenvalue weighted by molar-refractivity contribution is 7.92. The van der Waals surface area contributed by atoms with Gasteiger partial charge in [0.15, 0.2) is 0 Å². The van der Waals surface area contributed by atoms with Crippen LogP contribution in [-0.4, -0.2) is 50.0 Å². The van der Waals surface area contributed by atoms with Gasteiger partial charge in [-0.3, -0.25) is 13.9 Å². The molecule has 0 spiro atoms. The summed E-state index contributed by atoms with van der Waals surface area (Å²) in [5.41, 5.74) is 4.14. The Balaban J connectivity index is 1.61. The maximum Gasteiger partial charge on any atom is 0.243 e. The molecule has 1 saturated carbocycles. The molecule has 1 aliphatic rings. The first-order chi connectivity index (χ1) is 21.0. The van der Waals surface area contributed by atoms with E-state index in [-0.39, 0.29) is 43.8 Å². The molecule has 44 heavy (non-hydrogen) atoms. The van der Waals surface area contributed by atoms with Gasteiger partial charge in [0, 0.05) is 37.0 Å². The lowest BCUT2D eigenvalue weighted by Gasteiger charge is -2.34. The molecule has 2 amide bonds. The minimum Gasteiger partial charge on any atom is -0.352 e. The van der Waals surface area contributed by atoms with E-state index in [1.165, 1.54) is 10.7 Å². The maximum atomic E-state index is 14.1. The molecular weight excluding hydrogens is 594 g/mol. The number of benzene rings is 3. The molecule has 1 N–H and O–H groups in total. The molecule has 0 radical (unpaired) electrons. The molecule has 0 unspecified atom stereocenters. The summed E-state index contributed by atoms with van der Waals surface area (Å²) in [6.07, 6.45) is 7.14. The van der Waals surface area contributed by atoms with Crippen molar-refractivity contribution in [2.24, 2.45) is 0 Å². The number of hydrogen-bond donors (Lipinski definition) is 1. The Kier molecular flexibility index (Phi) is 11.9. The molecule has 1 fully saturated rings. The number of amides is 2. The van der Waals surface area contributed by atoms with E-state index < -0.39 is 16.1 Å².